The molecule has 2 aromatic heterocycles. The van der Waals surface area contributed by atoms with Gasteiger partial charge in [-0.15, -0.1) is 0 Å². The average molecular weight is 499 g/mol. The highest BCUT2D eigenvalue weighted by Crippen LogP contribution is 2.21. The number of hydrogen-bond donors (Lipinski definition) is 0. The summed E-state index contributed by atoms with van der Waals surface area (Å²) in [6, 6.07) is 7.94. The van der Waals surface area contributed by atoms with Crippen LogP contribution in [-0.4, -0.2) is 61.4 Å². The zero-order valence-electron chi connectivity index (χ0n) is 19.3. The molecule has 0 saturated carbocycles. The lowest BCUT2D eigenvalue weighted by Crippen LogP contribution is -2.48. The maximum absolute atomic E-state index is 13.0. The van der Waals surface area contributed by atoms with Gasteiger partial charge in [-0.1, -0.05) is 12.1 Å². The fourth-order valence-corrected chi connectivity index (χ4v) is 4.45. The zero-order chi connectivity index (χ0) is 22.8. The number of carbonyl (C=O) groups excluding carboxylic acids is 1. The quantitative estimate of drug-likeness (QED) is 0.518. The summed E-state index contributed by atoms with van der Waals surface area (Å²) in [4.78, 5) is 17.4. The molecule has 32 heavy (non-hydrogen) atoms. The van der Waals surface area contributed by atoms with Crippen molar-refractivity contribution in [3.05, 3.63) is 68.7 Å². The number of aryl methyl sites for hydroxylation is 3. The van der Waals surface area contributed by atoms with Crippen LogP contribution in [0.25, 0.3) is 0 Å². The molecule has 1 aliphatic rings. The van der Waals surface area contributed by atoms with Crippen LogP contribution in [0.4, 0.5) is 0 Å². The first-order valence-electron chi connectivity index (χ1n) is 11.2. The Hall–Kier alpha value is -2.45. The van der Waals surface area contributed by atoms with Gasteiger partial charge < -0.3 is 4.90 Å². The van der Waals surface area contributed by atoms with E-state index in [1.165, 1.54) is 5.56 Å². The number of rotatable bonds is 6. The van der Waals surface area contributed by atoms with Crippen LogP contribution < -0.4 is 0 Å². The van der Waals surface area contributed by atoms with Crippen molar-refractivity contribution in [2.24, 2.45) is 0 Å². The lowest BCUT2D eigenvalue weighted by molar-refractivity contribution is 0.0628. The molecular formula is C24H31BrN6O. The molecule has 1 fully saturated rings. The first-order chi connectivity index (χ1) is 15.4. The van der Waals surface area contributed by atoms with Gasteiger partial charge in [0.05, 0.1) is 28.1 Å². The normalized spacial score (nSPS) is 14.8. The lowest BCUT2D eigenvalue weighted by Gasteiger charge is -2.34. The number of amides is 1. The number of benzene rings is 1. The second kappa shape index (κ2) is 9.58. The van der Waals surface area contributed by atoms with Gasteiger partial charge in [0.25, 0.3) is 5.91 Å². The molecule has 7 nitrogen and oxygen atoms in total. The van der Waals surface area contributed by atoms with E-state index in [9.17, 15) is 4.79 Å². The molecule has 4 rings (SSSR count). The van der Waals surface area contributed by atoms with E-state index in [1.54, 1.807) is 0 Å². The van der Waals surface area contributed by atoms with Crippen molar-refractivity contribution in [1.29, 1.82) is 0 Å². The van der Waals surface area contributed by atoms with Gasteiger partial charge in [-0.25, -0.2) is 0 Å². The molecule has 0 bridgehead atoms. The molecule has 0 spiro atoms. The monoisotopic (exact) mass is 498 g/mol. The number of nitrogens with zero attached hydrogens (tertiary/aromatic N) is 6. The molecule has 8 heteroatoms. The van der Waals surface area contributed by atoms with Gasteiger partial charge in [-0.3, -0.25) is 19.1 Å². The number of aromatic nitrogens is 4. The standard InChI is InChI=1S/C24H31BrN6O/c1-5-30-16-22(17(2)26-30)15-28-10-12-29(13-11-28)24(32)21-8-6-20(7-9-21)14-31-19(4)23(25)18(3)27-31/h6-9,16H,5,10-15H2,1-4H3. The topological polar surface area (TPSA) is 59.2 Å². The fourth-order valence-electron chi connectivity index (χ4n) is 4.16. The van der Waals surface area contributed by atoms with E-state index in [1.807, 2.05) is 45.5 Å². The van der Waals surface area contributed by atoms with Crippen molar-refractivity contribution in [3.8, 4) is 0 Å². The Bertz CT molecular complexity index is 1090. The van der Waals surface area contributed by atoms with Crippen molar-refractivity contribution in [2.45, 2.75) is 47.3 Å². The maximum atomic E-state index is 13.0. The minimum Gasteiger partial charge on any atom is -0.336 e. The predicted octanol–water partition coefficient (Wildman–Crippen LogP) is 3.79. The molecule has 0 radical (unpaired) electrons. The Labute approximate surface area is 198 Å². The number of halogens is 1. The van der Waals surface area contributed by atoms with Crippen LogP contribution in [0.15, 0.2) is 34.9 Å². The molecule has 1 aliphatic heterocycles. The Morgan fingerprint density at radius 2 is 1.66 bits per heavy atom. The van der Waals surface area contributed by atoms with Gasteiger partial charge in [0, 0.05) is 56.6 Å². The summed E-state index contributed by atoms with van der Waals surface area (Å²) < 4.78 is 5.03. The molecule has 1 amide bonds. The summed E-state index contributed by atoms with van der Waals surface area (Å²) in [7, 11) is 0. The summed E-state index contributed by atoms with van der Waals surface area (Å²) >= 11 is 3.58. The van der Waals surface area contributed by atoms with Crippen LogP contribution >= 0.6 is 15.9 Å². The Morgan fingerprint density at radius 1 is 0.969 bits per heavy atom. The molecule has 1 aromatic carbocycles. The van der Waals surface area contributed by atoms with Crippen LogP contribution in [0, 0.1) is 20.8 Å². The SMILES string of the molecule is CCn1cc(CN2CCN(C(=O)c3ccc(Cn4nc(C)c(Br)c4C)cc3)CC2)c(C)n1. The summed E-state index contributed by atoms with van der Waals surface area (Å²) in [6.07, 6.45) is 2.14. The minimum absolute atomic E-state index is 0.111. The van der Waals surface area contributed by atoms with E-state index in [-0.39, 0.29) is 5.91 Å². The highest BCUT2D eigenvalue weighted by Gasteiger charge is 2.23. The molecule has 3 aromatic rings. The highest BCUT2D eigenvalue weighted by molar-refractivity contribution is 9.10. The Balaban J connectivity index is 1.32. The largest absolute Gasteiger partial charge is 0.336 e. The summed E-state index contributed by atoms with van der Waals surface area (Å²) in [5, 5.41) is 9.11. The Kier molecular flexibility index (Phi) is 6.81. The Morgan fingerprint density at radius 3 is 2.22 bits per heavy atom. The molecule has 0 unspecified atom stereocenters. The van der Waals surface area contributed by atoms with Crippen LogP contribution in [0.5, 0.6) is 0 Å². The van der Waals surface area contributed by atoms with E-state index in [2.05, 4.69) is 58.0 Å². The minimum atomic E-state index is 0.111. The van der Waals surface area contributed by atoms with Crippen molar-refractivity contribution >= 4 is 21.8 Å². The molecule has 0 N–H and O–H groups in total. The average Bonchev–Trinajstić information content (AvgIpc) is 3.28. The molecule has 0 aliphatic carbocycles. The summed E-state index contributed by atoms with van der Waals surface area (Å²) in [6.45, 7) is 14.0. The first-order valence-corrected chi connectivity index (χ1v) is 12.0. The van der Waals surface area contributed by atoms with Gasteiger partial charge in [0.15, 0.2) is 0 Å². The second-order valence-corrected chi connectivity index (χ2v) is 9.30. The molecule has 170 valence electrons. The van der Waals surface area contributed by atoms with Crippen LogP contribution in [0.1, 0.15) is 45.5 Å². The molecule has 1 saturated heterocycles. The molecule has 0 atom stereocenters. The third kappa shape index (κ3) is 4.81. The van der Waals surface area contributed by atoms with Crippen LogP contribution in [0.2, 0.25) is 0 Å². The molecule has 3 heterocycles. The third-order valence-electron chi connectivity index (χ3n) is 6.25. The number of carbonyl (C=O) groups is 1. The van der Waals surface area contributed by atoms with Crippen LogP contribution in [-0.2, 0) is 19.6 Å². The predicted molar refractivity (Wildman–Crippen MR) is 129 cm³/mol. The lowest BCUT2D eigenvalue weighted by atomic mass is 10.1. The highest BCUT2D eigenvalue weighted by atomic mass is 79.9. The van der Waals surface area contributed by atoms with Crippen molar-refractivity contribution < 1.29 is 4.79 Å². The van der Waals surface area contributed by atoms with E-state index in [4.69, 9.17) is 0 Å². The van der Waals surface area contributed by atoms with Gasteiger partial charge >= 0.3 is 0 Å². The summed E-state index contributed by atoms with van der Waals surface area (Å²) in [5.74, 6) is 0.111. The zero-order valence-corrected chi connectivity index (χ0v) is 20.9. The van der Waals surface area contributed by atoms with Gasteiger partial charge in [-0.05, 0) is 61.3 Å². The maximum Gasteiger partial charge on any atom is 0.253 e. The first kappa shape index (κ1) is 22.7. The molecular weight excluding hydrogens is 468 g/mol. The summed E-state index contributed by atoms with van der Waals surface area (Å²) in [5.41, 5.74) is 6.35. The van der Waals surface area contributed by atoms with E-state index >= 15 is 0 Å². The van der Waals surface area contributed by atoms with Gasteiger partial charge in [0.2, 0.25) is 0 Å². The van der Waals surface area contributed by atoms with Crippen LogP contribution in [0.3, 0.4) is 0 Å². The smallest absolute Gasteiger partial charge is 0.253 e. The number of hydrogen-bond acceptors (Lipinski definition) is 4. The van der Waals surface area contributed by atoms with E-state index in [0.717, 1.165) is 71.9 Å². The van der Waals surface area contributed by atoms with Gasteiger partial charge in [0.1, 0.15) is 0 Å². The van der Waals surface area contributed by atoms with E-state index in [0.29, 0.717) is 6.54 Å². The third-order valence-corrected chi connectivity index (χ3v) is 7.40. The fraction of sp³-hybridized carbons (Fsp3) is 0.458. The van der Waals surface area contributed by atoms with Crippen molar-refractivity contribution in [1.82, 2.24) is 29.4 Å². The van der Waals surface area contributed by atoms with Crippen molar-refractivity contribution in [3.63, 3.8) is 0 Å². The second-order valence-electron chi connectivity index (χ2n) is 8.50. The van der Waals surface area contributed by atoms with Gasteiger partial charge in [-0.2, -0.15) is 10.2 Å². The van der Waals surface area contributed by atoms with E-state index < -0.39 is 0 Å². The number of piperazine rings is 1. The van der Waals surface area contributed by atoms with Crippen molar-refractivity contribution in [2.75, 3.05) is 26.2 Å².